The number of pyridine rings is 1. The van der Waals surface area contributed by atoms with Crippen molar-refractivity contribution in [1.29, 1.82) is 0 Å². The molecule has 0 fully saturated rings. The van der Waals surface area contributed by atoms with Crippen molar-refractivity contribution in [3.05, 3.63) is 54.4 Å². The molecule has 0 saturated heterocycles. The molecule has 1 aromatic heterocycles. The van der Waals surface area contributed by atoms with Crippen LogP contribution in [0.25, 0.3) is 0 Å². The molecule has 2 aromatic rings. The third kappa shape index (κ3) is 2.97. The molecule has 0 radical (unpaired) electrons. The lowest BCUT2D eigenvalue weighted by Crippen LogP contribution is -2.45. The second-order valence-electron chi connectivity index (χ2n) is 4.97. The Kier molecular flexibility index (Phi) is 3.73. The van der Waals surface area contributed by atoms with Crippen LogP contribution in [0.15, 0.2) is 48.7 Å². The summed E-state index contributed by atoms with van der Waals surface area (Å²) >= 11 is 0. The number of anilines is 1. The highest BCUT2D eigenvalue weighted by Crippen LogP contribution is 2.28. The van der Waals surface area contributed by atoms with E-state index >= 15 is 0 Å². The summed E-state index contributed by atoms with van der Waals surface area (Å²) in [5.74, 6) is 0.560. The number of nitrogens with zero attached hydrogens (tertiary/aromatic N) is 1. The van der Waals surface area contributed by atoms with Gasteiger partial charge in [-0.15, -0.1) is 0 Å². The third-order valence-electron chi connectivity index (χ3n) is 3.42. The standard InChI is InChI=1S/C16H17N3O2/c1-11(12-6-4-5-9-17-12)19-16(20)15-10-18-13-7-2-3-8-14(13)21-15/h2-9,11,15,18H,10H2,1H3,(H,19,20). The number of carbonyl (C=O) groups is 1. The summed E-state index contributed by atoms with van der Waals surface area (Å²) in [6.07, 6.45) is 1.18. The van der Waals surface area contributed by atoms with Gasteiger partial charge in [0.15, 0.2) is 6.10 Å². The van der Waals surface area contributed by atoms with Crippen LogP contribution in [0, 0.1) is 0 Å². The van der Waals surface area contributed by atoms with E-state index in [4.69, 9.17) is 4.74 Å². The van der Waals surface area contributed by atoms with E-state index in [2.05, 4.69) is 15.6 Å². The van der Waals surface area contributed by atoms with Gasteiger partial charge in [-0.2, -0.15) is 0 Å². The van der Waals surface area contributed by atoms with E-state index in [1.807, 2.05) is 49.4 Å². The van der Waals surface area contributed by atoms with E-state index in [0.717, 1.165) is 11.4 Å². The summed E-state index contributed by atoms with van der Waals surface area (Å²) in [6, 6.07) is 13.1. The van der Waals surface area contributed by atoms with Gasteiger partial charge in [-0.3, -0.25) is 9.78 Å². The second kappa shape index (κ2) is 5.83. The number of hydrogen-bond donors (Lipinski definition) is 2. The zero-order valence-electron chi connectivity index (χ0n) is 11.7. The molecule has 0 aliphatic carbocycles. The van der Waals surface area contributed by atoms with Crippen molar-refractivity contribution in [1.82, 2.24) is 10.3 Å². The van der Waals surface area contributed by atoms with E-state index < -0.39 is 6.10 Å². The Balaban J connectivity index is 1.65. The van der Waals surface area contributed by atoms with E-state index in [1.165, 1.54) is 0 Å². The van der Waals surface area contributed by atoms with Gasteiger partial charge in [0.25, 0.3) is 5.91 Å². The first kappa shape index (κ1) is 13.4. The summed E-state index contributed by atoms with van der Waals surface area (Å²) in [4.78, 5) is 16.5. The zero-order valence-corrected chi connectivity index (χ0v) is 11.7. The van der Waals surface area contributed by atoms with Gasteiger partial charge >= 0.3 is 0 Å². The number of carbonyl (C=O) groups excluding carboxylic acids is 1. The van der Waals surface area contributed by atoms with Gasteiger partial charge in [0, 0.05) is 6.20 Å². The number of fused-ring (bicyclic) bond motifs is 1. The molecule has 2 atom stereocenters. The molecule has 2 heterocycles. The summed E-state index contributed by atoms with van der Waals surface area (Å²) in [5, 5.41) is 6.14. The number of ether oxygens (including phenoxy) is 1. The van der Waals surface area contributed by atoms with Crippen LogP contribution < -0.4 is 15.4 Å². The first-order valence-corrected chi connectivity index (χ1v) is 6.95. The predicted molar refractivity (Wildman–Crippen MR) is 80.1 cm³/mol. The van der Waals surface area contributed by atoms with Gasteiger partial charge < -0.3 is 15.4 Å². The molecule has 2 unspecified atom stereocenters. The average molecular weight is 283 g/mol. The van der Waals surface area contributed by atoms with Crippen molar-refractivity contribution in [3.8, 4) is 5.75 Å². The maximum atomic E-state index is 12.3. The van der Waals surface area contributed by atoms with Crippen molar-refractivity contribution in [2.75, 3.05) is 11.9 Å². The summed E-state index contributed by atoms with van der Waals surface area (Å²) in [5.41, 5.74) is 1.74. The normalized spacial score (nSPS) is 17.9. The number of para-hydroxylation sites is 2. The molecular formula is C16H17N3O2. The largest absolute Gasteiger partial charge is 0.477 e. The van der Waals surface area contributed by atoms with E-state index in [9.17, 15) is 4.79 Å². The van der Waals surface area contributed by atoms with Crippen LogP contribution in [0.4, 0.5) is 5.69 Å². The Hall–Kier alpha value is -2.56. The number of amides is 1. The molecule has 21 heavy (non-hydrogen) atoms. The SMILES string of the molecule is CC(NC(=O)C1CNc2ccccc2O1)c1ccccn1. The molecule has 0 bridgehead atoms. The molecule has 0 saturated carbocycles. The van der Waals surface area contributed by atoms with E-state index in [0.29, 0.717) is 12.3 Å². The smallest absolute Gasteiger partial charge is 0.263 e. The lowest BCUT2D eigenvalue weighted by molar-refractivity contribution is -0.128. The second-order valence-corrected chi connectivity index (χ2v) is 4.97. The monoisotopic (exact) mass is 283 g/mol. The average Bonchev–Trinajstić information content (AvgIpc) is 2.55. The first-order chi connectivity index (χ1) is 10.2. The number of benzene rings is 1. The topological polar surface area (TPSA) is 63.2 Å². The van der Waals surface area contributed by atoms with Gasteiger partial charge in [0.05, 0.1) is 24.0 Å². The zero-order chi connectivity index (χ0) is 14.7. The minimum atomic E-state index is -0.536. The molecular weight excluding hydrogens is 266 g/mol. The Morgan fingerprint density at radius 2 is 2.14 bits per heavy atom. The van der Waals surface area contributed by atoms with Crippen LogP contribution in [0.5, 0.6) is 5.75 Å². The van der Waals surface area contributed by atoms with Crippen LogP contribution in [0.3, 0.4) is 0 Å². The molecule has 5 heteroatoms. The van der Waals surface area contributed by atoms with Crippen LogP contribution in [0.2, 0.25) is 0 Å². The van der Waals surface area contributed by atoms with Crippen molar-refractivity contribution in [2.24, 2.45) is 0 Å². The first-order valence-electron chi connectivity index (χ1n) is 6.95. The van der Waals surface area contributed by atoms with Gasteiger partial charge in [-0.1, -0.05) is 18.2 Å². The maximum absolute atomic E-state index is 12.3. The van der Waals surface area contributed by atoms with Crippen molar-refractivity contribution >= 4 is 11.6 Å². The summed E-state index contributed by atoms with van der Waals surface area (Å²) in [6.45, 7) is 2.36. The molecule has 1 aliphatic heterocycles. The molecule has 0 spiro atoms. The molecule has 1 amide bonds. The quantitative estimate of drug-likeness (QED) is 0.906. The van der Waals surface area contributed by atoms with Crippen LogP contribution in [0.1, 0.15) is 18.7 Å². The molecule has 5 nitrogen and oxygen atoms in total. The molecule has 108 valence electrons. The Morgan fingerprint density at radius 1 is 1.33 bits per heavy atom. The van der Waals surface area contributed by atoms with Crippen molar-refractivity contribution < 1.29 is 9.53 Å². The highest BCUT2D eigenvalue weighted by Gasteiger charge is 2.26. The fourth-order valence-electron chi connectivity index (χ4n) is 2.27. The lowest BCUT2D eigenvalue weighted by Gasteiger charge is -2.27. The molecule has 2 N–H and O–H groups in total. The Bertz CT molecular complexity index is 630. The fraction of sp³-hybridized carbons (Fsp3) is 0.250. The van der Waals surface area contributed by atoms with Crippen molar-refractivity contribution in [3.63, 3.8) is 0 Å². The summed E-state index contributed by atoms with van der Waals surface area (Å²) < 4.78 is 5.74. The Morgan fingerprint density at radius 3 is 2.95 bits per heavy atom. The van der Waals surface area contributed by atoms with Crippen molar-refractivity contribution in [2.45, 2.75) is 19.1 Å². The van der Waals surface area contributed by atoms with Gasteiger partial charge in [-0.25, -0.2) is 0 Å². The number of nitrogens with one attached hydrogen (secondary N) is 2. The molecule has 3 rings (SSSR count). The number of aromatic nitrogens is 1. The molecule has 1 aromatic carbocycles. The van der Waals surface area contributed by atoms with Crippen LogP contribution >= 0.6 is 0 Å². The van der Waals surface area contributed by atoms with E-state index in [1.54, 1.807) is 6.20 Å². The number of rotatable bonds is 3. The highest BCUT2D eigenvalue weighted by atomic mass is 16.5. The minimum absolute atomic E-state index is 0.143. The number of hydrogen-bond acceptors (Lipinski definition) is 4. The van der Waals surface area contributed by atoms with Crippen LogP contribution in [-0.4, -0.2) is 23.5 Å². The lowest BCUT2D eigenvalue weighted by atomic mass is 10.2. The summed E-state index contributed by atoms with van der Waals surface area (Å²) in [7, 11) is 0. The predicted octanol–water partition coefficient (Wildman–Crippen LogP) is 2.13. The van der Waals surface area contributed by atoms with Gasteiger partial charge in [-0.05, 0) is 31.2 Å². The van der Waals surface area contributed by atoms with Gasteiger partial charge in [0.1, 0.15) is 5.75 Å². The highest BCUT2D eigenvalue weighted by molar-refractivity contribution is 5.83. The third-order valence-corrected chi connectivity index (χ3v) is 3.42. The fourth-order valence-corrected chi connectivity index (χ4v) is 2.27. The molecule has 1 aliphatic rings. The Labute approximate surface area is 123 Å². The van der Waals surface area contributed by atoms with Gasteiger partial charge in [0.2, 0.25) is 0 Å². The minimum Gasteiger partial charge on any atom is -0.477 e. The van der Waals surface area contributed by atoms with E-state index in [-0.39, 0.29) is 11.9 Å². The van der Waals surface area contributed by atoms with Crippen LogP contribution in [-0.2, 0) is 4.79 Å². The maximum Gasteiger partial charge on any atom is 0.263 e.